The first-order valence-electron chi connectivity index (χ1n) is 8.69. The summed E-state index contributed by atoms with van der Waals surface area (Å²) in [5.41, 5.74) is 0.0728. The van der Waals surface area contributed by atoms with Gasteiger partial charge in [-0.15, -0.1) is 0 Å². The molecule has 0 aliphatic heterocycles. The normalized spacial score (nSPS) is 38.9. The fourth-order valence-corrected chi connectivity index (χ4v) is 4.82. The molecule has 3 aliphatic rings. The highest BCUT2D eigenvalue weighted by molar-refractivity contribution is 5.99. The molecule has 3 heteroatoms. The SMILES string of the molecule is C=C1C[C@H]2[C@H](C=CCC(C)(O)C3CCCC3)[C@H](O)C[C@@H]2C1=O. The second-order valence-electron chi connectivity index (χ2n) is 7.79. The van der Waals surface area contributed by atoms with Gasteiger partial charge in [-0.05, 0) is 56.4 Å². The summed E-state index contributed by atoms with van der Waals surface area (Å²) in [7, 11) is 0. The van der Waals surface area contributed by atoms with Gasteiger partial charge >= 0.3 is 0 Å². The average Bonchev–Trinajstić information content (AvgIpc) is 3.14. The van der Waals surface area contributed by atoms with Gasteiger partial charge in [0, 0.05) is 11.8 Å². The molecule has 2 N–H and O–H groups in total. The van der Waals surface area contributed by atoms with Gasteiger partial charge in [0.2, 0.25) is 0 Å². The van der Waals surface area contributed by atoms with Gasteiger partial charge < -0.3 is 10.2 Å². The van der Waals surface area contributed by atoms with E-state index in [-0.39, 0.29) is 23.5 Å². The average molecular weight is 304 g/mol. The Morgan fingerprint density at radius 2 is 2.05 bits per heavy atom. The standard InChI is InChI=1S/C19H28O3/c1-12-10-15-14(17(20)11-16(15)18(12)21)8-5-9-19(2,22)13-6-3-4-7-13/h5,8,13-17,20,22H,1,3-4,6-7,9-11H2,2H3/t14-,15-,16-,17+,19?/m0/s1. The van der Waals surface area contributed by atoms with Gasteiger partial charge in [0.05, 0.1) is 11.7 Å². The molecule has 0 bridgehead atoms. The molecule has 0 heterocycles. The molecule has 1 unspecified atom stereocenters. The summed E-state index contributed by atoms with van der Waals surface area (Å²) >= 11 is 0. The molecule has 3 fully saturated rings. The number of carbonyl (C=O) groups excluding carboxylic acids is 1. The van der Waals surface area contributed by atoms with E-state index in [4.69, 9.17) is 0 Å². The topological polar surface area (TPSA) is 57.5 Å². The molecule has 3 aliphatic carbocycles. The van der Waals surface area contributed by atoms with Crippen molar-refractivity contribution in [1.29, 1.82) is 0 Å². The van der Waals surface area contributed by atoms with Crippen LogP contribution in [0.2, 0.25) is 0 Å². The molecule has 3 saturated carbocycles. The Labute approximate surface area is 133 Å². The van der Waals surface area contributed by atoms with E-state index in [9.17, 15) is 15.0 Å². The lowest BCUT2D eigenvalue weighted by molar-refractivity contribution is -0.118. The minimum atomic E-state index is -0.648. The van der Waals surface area contributed by atoms with Crippen molar-refractivity contribution in [2.45, 2.75) is 63.6 Å². The third-order valence-corrected chi connectivity index (χ3v) is 6.24. The Morgan fingerprint density at radius 1 is 1.36 bits per heavy atom. The zero-order valence-electron chi connectivity index (χ0n) is 13.5. The van der Waals surface area contributed by atoms with Crippen LogP contribution in [0.25, 0.3) is 0 Å². The van der Waals surface area contributed by atoms with Crippen LogP contribution in [0, 0.1) is 23.7 Å². The smallest absolute Gasteiger partial charge is 0.161 e. The minimum absolute atomic E-state index is 0.0347. The van der Waals surface area contributed by atoms with Crippen molar-refractivity contribution < 1.29 is 15.0 Å². The molecule has 3 rings (SSSR count). The molecule has 0 amide bonds. The van der Waals surface area contributed by atoms with E-state index in [2.05, 4.69) is 6.58 Å². The van der Waals surface area contributed by atoms with Crippen LogP contribution in [0.5, 0.6) is 0 Å². The first-order valence-corrected chi connectivity index (χ1v) is 8.69. The maximum absolute atomic E-state index is 12.0. The third-order valence-electron chi connectivity index (χ3n) is 6.24. The van der Waals surface area contributed by atoms with E-state index in [0.29, 0.717) is 25.2 Å². The van der Waals surface area contributed by atoms with Crippen LogP contribution in [-0.4, -0.2) is 27.7 Å². The number of allylic oxidation sites excluding steroid dienone is 1. The number of aliphatic hydroxyl groups excluding tert-OH is 1. The van der Waals surface area contributed by atoms with Crippen LogP contribution in [0.15, 0.2) is 24.3 Å². The van der Waals surface area contributed by atoms with Crippen molar-refractivity contribution in [2.75, 3.05) is 0 Å². The van der Waals surface area contributed by atoms with E-state index in [0.717, 1.165) is 18.4 Å². The number of hydrogen-bond donors (Lipinski definition) is 2. The van der Waals surface area contributed by atoms with Crippen molar-refractivity contribution >= 4 is 5.78 Å². The molecule has 0 aromatic rings. The molecule has 5 atom stereocenters. The van der Waals surface area contributed by atoms with Gasteiger partial charge in [-0.3, -0.25) is 4.79 Å². The summed E-state index contributed by atoms with van der Waals surface area (Å²) < 4.78 is 0. The van der Waals surface area contributed by atoms with Crippen LogP contribution in [0.3, 0.4) is 0 Å². The highest BCUT2D eigenvalue weighted by Gasteiger charge is 2.49. The molecule has 0 aromatic heterocycles. The summed E-state index contributed by atoms with van der Waals surface area (Å²) in [5, 5.41) is 20.9. The van der Waals surface area contributed by atoms with Crippen molar-refractivity contribution in [2.24, 2.45) is 23.7 Å². The van der Waals surface area contributed by atoms with E-state index in [1.165, 1.54) is 12.8 Å². The van der Waals surface area contributed by atoms with Crippen molar-refractivity contribution in [3.05, 3.63) is 24.3 Å². The maximum Gasteiger partial charge on any atom is 0.161 e. The number of ketones is 1. The maximum atomic E-state index is 12.0. The van der Waals surface area contributed by atoms with Gasteiger partial charge in [-0.25, -0.2) is 0 Å². The summed E-state index contributed by atoms with van der Waals surface area (Å²) in [6.45, 7) is 5.79. The van der Waals surface area contributed by atoms with E-state index >= 15 is 0 Å². The van der Waals surface area contributed by atoms with E-state index in [1.54, 1.807) is 0 Å². The highest BCUT2D eigenvalue weighted by Crippen LogP contribution is 2.48. The van der Waals surface area contributed by atoms with E-state index < -0.39 is 11.7 Å². The monoisotopic (exact) mass is 304 g/mol. The first-order chi connectivity index (χ1) is 10.4. The number of rotatable bonds is 4. The number of aliphatic hydroxyl groups is 2. The highest BCUT2D eigenvalue weighted by atomic mass is 16.3. The molecule has 122 valence electrons. The van der Waals surface area contributed by atoms with Gasteiger partial charge in [0.25, 0.3) is 0 Å². The van der Waals surface area contributed by atoms with Crippen LogP contribution in [0.4, 0.5) is 0 Å². The van der Waals surface area contributed by atoms with Gasteiger partial charge in [0.1, 0.15) is 0 Å². The van der Waals surface area contributed by atoms with Crippen molar-refractivity contribution in [3.8, 4) is 0 Å². The Kier molecular flexibility index (Phi) is 4.30. The fourth-order valence-electron chi connectivity index (χ4n) is 4.82. The predicted molar refractivity (Wildman–Crippen MR) is 86.2 cm³/mol. The number of carbonyl (C=O) groups is 1. The zero-order chi connectivity index (χ0) is 15.9. The molecular formula is C19H28O3. The molecule has 0 aromatic carbocycles. The van der Waals surface area contributed by atoms with Crippen LogP contribution in [-0.2, 0) is 4.79 Å². The summed E-state index contributed by atoms with van der Waals surface area (Å²) in [6.07, 6.45) is 10.2. The molecule has 0 spiro atoms. The summed E-state index contributed by atoms with van der Waals surface area (Å²) in [6, 6.07) is 0. The van der Waals surface area contributed by atoms with Crippen molar-refractivity contribution in [1.82, 2.24) is 0 Å². The second-order valence-corrected chi connectivity index (χ2v) is 7.79. The molecule has 22 heavy (non-hydrogen) atoms. The molecule has 0 saturated heterocycles. The lowest BCUT2D eigenvalue weighted by Crippen LogP contribution is -2.32. The molecule has 3 nitrogen and oxygen atoms in total. The van der Waals surface area contributed by atoms with Gasteiger partial charge in [0.15, 0.2) is 5.78 Å². The lowest BCUT2D eigenvalue weighted by atomic mass is 9.84. The summed E-state index contributed by atoms with van der Waals surface area (Å²) in [4.78, 5) is 12.0. The predicted octanol–water partition coefficient (Wildman–Crippen LogP) is 3.02. The quantitative estimate of drug-likeness (QED) is 0.620. The van der Waals surface area contributed by atoms with Gasteiger partial charge in [-0.2, -0.15) is 0 Å². The van der Waals surface area contributed by atoms with Crippen LogP contribution < -0.4 is 0 Å². The third kappa shape index (κ3) is 2.81. The lowest BCUT2D eigenvalue weighted by Gasteiger charge is -2.29. The van der Waals surface area contributed by atoms with Crippen LogP contribution >= 0.6 is 0 Å². The van der Waals surface area contributed by atoms with Crippen molar-refractivity contribution in [3.63, 3.8) is 0 Å². The number of hydrogen-bond acceptors (Lipinski definition) is 3. The minimum Gasteiger partial charge on any atom is -0.392 e. The summed E-state index contributed by atoms with van der Waals surface area (Å²) in [5.74, 6) is 0.756. The Hall–Kier alpha value is -0.930. The zero-order valence-corrected chi connectivity index (χ0v) is 13.5. The fraction of sp³-hybridized carbons (Fsp3) is 0.737. The second kappa shape index (κ2) is 5.93. The Bertz CT molecular complexity index is 485. The van der Waals surface area contributed by atoms with Crippen LogP contribution in [0.1, 0.15) is 51.9 Å². The Morgan fingerprint density at radius 3 is 2.73 bits per heavy atom. The number of Topliss-reactive ketones (excluding diaryl/α,β-unsaturated/α-hetero) is 1. The largest absolute Gasteiger partial charge is 0.392 e. The van der Waals surface area contributed by atoms with Gasteiger partial charge in [-0.1, -0.05) is 31.6 Å². The molecular weight excluding hydrogens is 276 g/mol. The Balaban J connectivity index is 1.62. The first kappa shape index (κ1) is 15.9. The molecule has 0 radical (unpaired) electrons. The van der Waals surface area contributed by atoms with E-state index in [1.807, 2.05) is 19.1 Å². The number of fused-ring (bicyclic) bond motifs is 1.